The van der Waals surface area contributed by atoms with E-state index < -0.39 is 0 Å². The number of nitrogens with one attached hydrogen (secondary N) is 1. The van der Waals surface area contributed by atoms with Crippen LogP contribution in [0.4, 0.5) is 0 Å². The zero-order valence-corrected chi connectivity index (χ0v) is 6.10. The molecule has 0 aromatic heterocycles. The standard InChI is InChI=1S/C8H13NO/c1-2-7-5-3-4-6-8(10)9-7/h2,7H,1,3-6H2,(H,9,10). The third-order valence-electron chi connectivity index (χ3n) is 1.80. The zero-order chi connectivity index (χ0) is 7.40. The molecule has 1 atom stereocenters. The van der Waals surface area contributed by atoms with Crippen LogP contribution in [0.3, 0.4) is 0 Å². The molecule has 0 aromatic carbocycles. The Morgan fingerprint density at radius 2 is 2.40 bits per heavy atom. The summed E-state index contributed by atoms with van der Waals surface area (Å²) in [6.07, 6.45) is 5.70. The highest BCUT2D eigenvalue weighted by Crippen LogP contribution is 2.09. The van der Waals surface area contributed by atoms with Gasteiger partial charge in [-0.2, -0.15) is 0 Å². The lowest BCUT2D eigenvalue weighted by molar-refractivity contribution is -0.121. The smallest absolute Gasteiger partial charge is 0.220 e. The second kappa shape index (κ2) is 3.40. The maximum absolute atomic E-state index is 10.9. The summed E-state index contributed by atoms with van der Waals surface area (Å²) in [6, 6.07) is 0.218. The van der Waals surface area contributed by atoms with Gasteiger partial charge in [0.1, 0.15) is 0 Å². The van der Waals surface area contributed by atoms with Gasteiger partial charge in [-0.3, -0.25) is 4.79 Å². The summed E-state index contributed by atoms with van der Waals surface area (Å²) in [6.45, 7) is 3.65. The average Bonchev–Trinajstić information content (AvgIpc) is 2.13. The largest absolute Gasteiger partial charge is 0.350 e. The third kappa shape index (κ3) is 1.87. The highest BCUT2D eigenvalue weighted by Gasteiger charge is 2.12. The Bertz CT molecular complexity index is 142. The topological polar surface area (TPSA) is 29.1 Å². The summed E-state index contributed by atoms with van der Waals surface area (Å²) < 4.78 is 0. The summed E-state index contributed by atoms with van der Waals surface area (Å²) in [5.41, 5.74) is 0. The van der Waals surface area contributed by atoms with Gasteiger partial charge in [-0.15, -0.1) is 6.58 Å². The van der Waals surface area contributed by atoms with Crippen molar-refractivity contribution in [3.05, 3.63) is 12.7 Å². The number of amides is 1. The molecule has 1 rings (SSSR count). The summed E-state index contributed by atoms with van der Waals surface area (Å²) in [7, 11) is 0. The molecular formula is C8H13NO. The second-order valence-corrected chi connectivity index (χ2v) is 2.66. The van der Waals surface area contributed by atoms with Crippen molar-refractivity contribution in [1.82, 2.24) is 5.32 Å². The molecule has 0 spiro atoms. The van der Waals surface area contributed by atoms with Crippen molar-refractivity contribution in [2.45, 2.75) is 31.7 Å². The third-order valence-corrected chi connectivity index (χ3v) is 1.80. The second-order valence-electron chi connectivity index (χ2n) is 2.66. The molecule has 2 heteroatoms. The fourth-order valence-electron chi connectivity index (χ4n) is 1.18. The van der Waals surface area contributed by atoms with E-state index in [2.05, 4.69) is 11.9 Å². The SMILES string of the molecule is C=CC1CCCCC(=O)N1. The van der Waals surface area contributed by atoms with Gasteiger partial charge in [-0.05, 0) is 12.8 Å². The van der Waals surface area contributed by atoms with Crippen LogP contribution in [0.5, 0.6) is 0 Å². The van der Waals surface area contributed by atoms with Gasteiger partial charge in [0, 0.05) is 12.5 Å². The Morgan fingerprint density at radius 1 is 1.60 bits per heavy atom. The first-order valence-corrected chi connectivity index (χ1v) is 3.75. The molecule has 0 aliphatic carbocycles. The predicted octanol–water partition coefficient (Wildman–Crippen LogP) is 1.23. The van der Waals surface area contributed by atoms with Crippen LogP contribution >= 0.6 is 0 Å². The van der Waals surface area contributed by atoms with Crippen LogP contribution in [0.15, 0.2) is 12.7 Å². The molecular weight excluding hydrogens is 126 g/mol. The van der Waals surface area contributed by atoms with E-state index in [-0.39, 0.29) is 11.9 Å². The maximum Gasteiger partial charge on any atom is 0.220 e. The summed E-state index contributed by atoms with van der Waals surface area (Å²) in [5, 5.41) is 2.87. The number of hydrogen-bond acceptors (Lipinski definition) is 1. The van der Waals surface area contributed by atoms with Crippen LogP contribution < -0.4 is 5.32 Å². The van der Waals surface area contributed by atoms with Gasteiger partial charge < -0.3 is 5.32 Å². The number of carbonyl (C=O) groups is 1. The molecule has 0 saturated carbocycles. The molecule has 1 aliphatic heterocycles. The van der Waals surface area contributed by atoms with E-state index in [9.17, 15) is 4.79 Å². The van der Waals surface area contributed by atoms with E-state index in [1.54, 1.807) is 0 Å². The molecule has 0 aromatic rings. The lowest BCUT2D eigenvalue weighted by Crippen LogP contribution is -2.30. The first-order valence-electron chi connectivity index (χ1n) is 3.75. The monoisotopic (exact) mass is 139 g/mol. The minimum absolute atomic E-state index is 0.169. The highest BCUT2D eigenvalue weighted by atomic mass is 16.1. The maximum atomic E-state index is 10.9. The van der Waals surface area contributed by atoms with Crippen LogP contribution in [-0.4, -0.2) is 11.9 Å². The summed E-state index contributed by atoms with van der Waals surface area (Å²) in [5.74, 6) is 0.169. The molecule has 10 heavy (non-hydrogen) atoms. The molecule has 0 radical (unpaired) electrons. The molecule has 56 valence electrons. The zero-order valence-electron chi connectivity index (χ0n) is 6.10. The summed E-state index contributed by atoms with van der Waals surface area (Å²) in [4.78, 5) is 10.9. The molecule has 1 aliphatic rings. The molecule has 1 unspecified atom stereocenters. The van der Waals surface area contributed by atoms with E-state index in [4.69, 9.17) is 0 Å². The van der Waals surface area contributed by atoms with Crippen molar-refractivity contribution in [1.29, 1.82) is 0 Å². The minimum Gasteiger partial charge on any atom is -0.350 e. The lowest BCUT2D eigenvalue weighted by Gasteiger charge is -2.08. The quantitative estimate of drug-likeness (QED) is 0.544. The van der Waals surface area contributed by atoms with Crippen LogP contribution in [0, 0.1) is 0 Å². The average molecular weight is 139 g/mol. The van der Waals surface area contributed by atoms with Crippen LogP contribution in [-0.2, 0) is 4.79 Å². The van der Waals surface area contributed by atoms with Crippen molar-refractivity contribution in [3.8, 4) is 0 Å². The van der Waals surface area contributed by atoms with Gasteiger partial charge >= 0.3 is 0 Å². The van der Waals surface area contributed by atoms with Crippen molar-refractivity contribution in [2.24, 2.45) is 0 Å². The molecule has 2 nitrogen and oxygen atoms in total. The van der Waals surface area contributed by atoms with Gasteiger partial charge in [-0.25, -0.2) is 0 Å². The van der Waals surface area contributed by atoms with Gasteiger partial charge in [0.05, 0.1) is 0 Å². The van der Waals surface area contributed by atoms with Gasteiger partial charge in [0.15, 0.2) is 0 Å². The predicted molar refractivity (Wildman–Crippen MR) is 40.6 cm³/mol. The van der Waals surface area contributed by atoms with Crippen molar-refractivity contribution >= 4 is 5.91 Å². The highest BCUT2D eigenvalue weighted by molar-refractivity contribution is 5.76. The number of hydrogen-bond donors (Lipinski definition) is 1. The van der Waals surface area contributed by atoms with E-state index in [1.165, 1.54) is 0 Å². The minimum atomic E-state index is 0.169. The van der Waals surface area contributed by atoms with Crippen molar-refractivity contribution in [2.75, 3.05) is 0 Å². The molecule has 1 fully saturated rings. The number of carbonyl (C=O) groups excluding carboxylic acids is 1. The van der Waals surface area contributed by atoms with Crippen LogP contribution in [0.2, 0.25) is 0 Å². The summed E-state index contributed by atoms with van der Waals surface area (Å²) >= 11 is 0. The van der Waals surface area contributed by atoms with E-state index >= 15 is 0 Å². The normalized spacial score (nSPS) is 26.8. The molecule has 1 amide bonds. The van der Waals surface area contributed by atoms with Gasteiger partial charge in [-0.1, -0.05) is 12.5 Å². The Balaban J connectivity index is 2.45. The molecule has 1 saturated heterocycles. The number of rotatable bonds is 1. The lowest BCUT2D eigenvalue weighted by atomic mass is 10.1. The first-order chi connectivity index (χ1) is 4.83. The van der Waals surface area contributed by atoms with Gasteiger partial charge in [0.2, 0.25) is 5.91 Å². The van der Waals surface area contributed by atoms with E-state index in [0.29, 0.717) is 6.42 Å². The fraction of sp³-hybridized carbons (Fsp3) is 0.625. The van der Waals surface area contributed by atoms with Crippen LogP contribution in [0.25, 0.3) is 0 Å². The van der Waals surface area contributed by atoms with Crippen molar-refractivity contribution in [3.63, 3.8) is 0 Å². The first kappa shape index (κ1) is 7.32. The van der Waals surface area contributed by atoms with E-state index in [1.807, 2.05) is 6.08 Å². The molecule has 1 N–H and O–H groups in total. The Morgan fingerprint density at radius 3 is 3.10 bits per heavy atom. The van der Waals surface area contributed by atoms with E-state index in [0.717, 1.165) is 19.3 Å². The van der Waals surface area contributed by atoms with Crippen LogP contribution in [0.1, 0.15) is 25.7 Å². The molecule has 0 bridgehead atoms. The fourth-order valence-corrected chi connectivity index (χ4v) is 1.18. The Labute approximate surface area is 61.3 Å². The Kier molecular flexibility index (Phi) is 2.49. The van der Waals surface area contributed by atoms with Gasteiger partial charge in [0.25, 0.3) is 0 Å². The van der Waals surface area contributed by atoms with Crippen molar-refractivity contribution < 1.29 is 4.79 Å². The Hall–Kier alpha value is -0.790. The molecule has 1 heterocycles.